The maximum Gasteiger partial charge on any atom is 0.692 e. The highest BCUT2D eigenvalue weighted by Gasteiger charge is 2.20. The first kappa shape index (κ1) is 17.3. The van der Waals surface area contributed by atoms with E-state index in [4.69, 9.17) is 35.4 Å². The number of aliphatic hydroxyl groups excluding tert-OH is 3. The van der Waals surface area contributed by atoms with Crippen LogP contribution in [0.2, 0.25) is 0 Å². The highest BCUT2D eigenvalue weighted by atomic mass is 31.1. The van der Waals surface area contributed by atoms with Crippen LogP contribution in [0.25, 0.3) is 0 Å². The van der Waals surface area contributed by atoms with Gasteiger partial charge in [0.05, 0.1) is 25.4 Å². The van der Waals surface area contributed by atoms with Gasteiger partial charge in [-0.3, -0.25) is 0 Å². The highest BCUT2D eigenvalue weighted by Crippen LogP contribution is 2.14. The first-order valence-electron chi connectivity index (χ1n) is 4.38. The summed E-state index contributed by atoms with van der Waals surface area (Å²) in [7, 11) is -2.87. The summed E-state index contributed by atoms with van der Waals surface area (Å²) in [6.07, 6.45) is 4.50. The molecule has 0 bridgehead atoms. The van der Waals surface area contributed by atoms with Crippen molar-refractivity contribution in [2.75, 3.05) is 19.8 Å². The minimum atomic E-state index is -2.87. The van der Waals surface area contributed by atoms with Gasteiger partial charge in [0.1, 0.15) is 0 Å². The molecule has 1 saturated carbocycles. The van der Waals surface area contributed by atoms with E-state index in [0.717, 1.165) is 0 Å². The Morgan fingerprint density at radius 1 is 1.00 bits per heavy atom. The summed E-state index contributed by atoms with van der Waals surface area (Å²) >= 11 is 0. The van der Waals surface area contributed by atoms with Crippen LogP contribution in [0, 0.1) is 0 Å². The van der Waals surface area contributed by atoms with Crippen LogP contribution in [0.5, 0.6) is 0 Å². The van der Waals surface area contributed by atoms with Crippen LogP contribution in [0.4, 0.5) is 0 Å². The molecule has 0 atom stereocenters. The van der Waals surface area contributed by atoms with Gasteiger partial charge in [-0.25, -0.2) is 0 Å². The first-order valence-corrected chi connectivity index (χ1v) is 5.55. The molecule has 7 nitrogen and oxygen atoms in total. The zero-order valence-electron chi connectivity index (χ0n) is 8.41. The standard InChI is InChI=1S/C4H11NO3.C3H6.HO3P/c5-4(1-6,2-7)3-8;1-2-3-1;1-4(2)3/h6-8H,1-3,5H2;1-3H2;(H-,1,2,3)/p+1. The molecule has 1 aliphatic rings. The molecule has 0 heterocycles. The zero-order valence-corrected chi connectivity index (χ0v) is 9.31. The van der Waals surface area contributed by atoms with E-state index in [0.29, 0.717) is 0 Å². The van der Waals surface area contributed by atoms with Crippen molar-refractivity contribution >= 4 is 8.25 Å². The average Bonchev–Trinajstić information content (AvgIpc) is 3.03. The Bertz CT molecular complexity index is 147. The SMILES string of the molecule is C1CC1.NC(CO)(CO)CO.O=[P+](O)O. The van der Waals surface area contributed by atoms with Crippen LogP contribution in [0.15, 0.2) is 0 Å². The van der Waals surface area contributed by atoms with Gasteiger partial charge >= 0.3 is 8.25 Å². The van der Waals surface area contributed by atoms with Crippen molar-refractivity contribution < 1.29 is 29.7 Å². The second-order valence-electron chi connectivity index (χ2n) is 3.15. The third kappa shape index (κ3) is 20.1. The van der Waals surface area contributed by atoms with Gasteiger partial charge in [-0.15, -0.1) is 9.79 Å². The lowest BCUT2D eigenvalue weighted by Crippen LogP contribution is -2.50. The van der Waals surface area contributed by atoms with Gasteiger partial charge in [-0.05, 0) is 0 Å². The number of hydrogen-bond acceptors (Lipinski definition) is 5. The summed E-state index contributed by atoms with van der Waals surface area (Å²) in [6.45, 7) is -1.21. The lowest BCUT2D eigenvalue weighted by molar-refractivity contribution is 0.0697. The van der Waals surface area contributed by atoms with Crippen molar-refractivity contribution in [3.8, 4) is 0 Å². The van der Waals surface area contributed by atoms with Gasteiger partial charge < -0.3 is 21.1 Å². The number of aliphatic hydroxyl groups is 3. The maximum absolute atomic E-state index is 8.70. The van der Waals surface area contributed by atoms with Crippen molar-refractivity contribution in [3.05, 3.63) is 0 Å². The Morgan fingerprint density at radius 2 is 1.20 bits per heavy atom. The van der Waals surface area contributed by atoms with Crippen LogP contribution in [-0.4, -0.2) is 50.5 Å². The minimum absolute atomic E-state index is 0.403. The zero-order chi connectivity index (χ0) is 12.3. The normalized spacial score (nSPS) is 12.9. The summed E-state index contributed by atoms with van der Waals surface area (Å²) in [5.41, 5.74) is 3.94. The monoisotopic (exact) mass is 244 g/mol. The van der Waals surface area contributed by atoms with Gasteiger partial charge in [-0.1, -0.05) is 19.3 Å². The van der Waals surface area contributed by atoms with E-state index < -0.39 is 33.6 Å². The van der Waals surface area contributed by atoms with Crippen LogP contribution in [0.3, 0.4) is 0 Å². The molecule has 92 valence electrons. The van der Waals surface area contributed by atoms with Crippen molar-refractivity contribution in [1.82, 2.24) is 0 Å². The fourth-order valence-electron chi connectivity index (χ4n) is 0.150. The fourth-order valence-corrected chi connectivity index (χ4v) is 0.150. The summed E-state index contributed by atoms with van der Waals surface area (Å²) in [5.74, 6) is 0. The molecular formula is C7H19NO6P+. The second kappa shape index (κ2) is 10.4. The van der Waals surface area contributed by atoms with Crippen molar-refractivity contribution in [2.24, 2.45) is 5.73 Å². The Labute approximate surface area is 89.1 Å². The predicted molar refractivity (Wildman–Crippen MR) is 54.1 cm³/mol. The number of rotatable bonds is 3. The molecule has 1 aliphatic carbocycles. The van der Waals surface area contributed by atoms with Crippen LogP contribution < -0.4 is 5.73 Å². The van der Waals surface area contributed by atoms with Crippen molar-refractivity contribution in [3.63, 3.8) is 0 Å². The van der Waals surface area contributed by atoms with Gasteiger partial charge in [0.15, 0.2) is 0 Å². The second-order valence-corrected chi connectivity index (χ2v) is 3.66. The molecule has 0 unspecified atom stereocenters. The minimum Gasteiger partial charge on any atom is -0.394 e. The molecule has 0 radical (unpaired) electrons. The third-order valence-electron chi connectivity index (χ3n) is 1.30. The Kier molecular flexibility index (Phi) is 11.9. The smallest absolute Gasteiger partial charge is 0.394 e. The molecule has 8 heteroatoms. The Hall–Kier alpha value is -0.140. The molecule has 0 spiro atoms. The predicted octanol–water partition coefficient (Wildman–Crippen LogP) is -1.54. The van der Waals surface area contributed by atoms with Gasteiger partial charge in [-0.2, -0.15) is 0 Å². The lowest BCUT2D eigenvalue weighted by atomic mass is 10.1. The van der Waals surface area contributed by atoms with Crippen LogP contribution in [-0.2, 0) is 4.57 Å². The molecule has 0 aromatic rings. The molecule has 0 aliphatic heterocycles. The van der Waals surface area contributed by atoms with E-state index >= 15 is 0 Å². The van der Waals surface area contributed by atoms with Gasteiger partial charge in [0.25, 0.3) is 0 Å². The molecule has 0 amide bonds. The van der Waals surface area contributed by atoms with E-state index in [1.165, 1.54) is 19.3 Å². The largest absolute Gasteiger partial charge is 0.692 e. The molecule has 7 N–H and O–H groups in total. The van der Waals surface area contributed by atoms with Crippen LogP contribution in [0.1, 0.15) is 19.3 Å². The summed E-state index contributed by atoms with van der Waals surface area (Å²) < 4.78 is 8.70. The fraction of sp³-hybridized carbons (Fsp3) is 1.00. The summed E-state index contributed by atoms with van der Waals surface area (Å²) in [5, 5.41) is 25.0. The van der Waals surface area contributed by atoms with E-state index in [1.54, 1.807) is 0 Å². The quantitative estimate of drug-likeness (QED) is 0.330. The van der Waals surface area contributed by atoms with E-state index in [-0.39, 0.29) is 0 Å². The van der Waals surface area contributed by atoms with E-state index in [9.17, 15) is 0 Å². The van der Waals surface area contributed by atoms with Gasteiger partial charge in [0, 0.05) is 4.57 Å². The molecule has 0 aromatic heterocycles. The number of nitrogens with two attached hydrogens (primary N) is 1. The topological polar surface area (TPSA) is 144 Å². The van der Waals surface area contributed by atoms with Crippen molar-refractivity contribution in [1.29, 1.82) is 0 Å². The van der Waals surface area contributed by atoms with Gasteiger partial charge in [0.2, 0.25) is 0 Å². The molecule has 15 heavy (non-hydrogen) atoms. The van der Waals surface area contributed by atoms with Crippen molar-refractivity contribution in [2.45, 2.75) is 24.8 Å². The maximum atomic E-state index is 8.70. The molecule has 0 saturated heterocycles. The highest BCUT2D eigenvalue weighted by molar-refractivity contribution is 7.30. The summed E-state index contributed by atoms with van der Waals surface area (Å²) in [6, 6.07) is 0. The average molecular weight is 244 g/mol. The molecule has 0 aromatic carbocycles. The Balaban J connectivity index is 0. The summed E-state index contributed by atoms with van der Waals surface area (Å²) in [4.78, 5) is 14.2. The molecular weight excluding hydrogens is 225 g/mol. The van der Waals surface area contributed by atoms with E-state index in [1.807, 2.05) is 0 Å². The lowest BCUT2D eigenvalue weighted by Gasteiger charge is -2.20. The van der Waals surface area contributed by atoms with Crippen LogP contribution >= 0.6 is 8.25 Å². The first-order chi connectivity index (χ1) is 6.91. The number of hydrogen-bond donors (Lipinski definition) is 6. The molecule has 1 fully saturated rings. The molecule has 1 rings (SSSR count). The van der Waals surface area contributed by atoms with E-state index in [2.05, 4.69) is 0 Å². The third-order valence-corrected chi connectivity index (χ3v) is 1.30. The Morgan fingerprint density at radius 3 is 1.20 bits per heavy atom.